The number of rotatable bonds is 8. The summed E-state index contributed by atoms with van der Waals surface area (Å²) >= 11 is 6.25. The maximum Gasteiger partial charge on any atom is 0.490 e. The molecule has 0 bridgehead atoms. The van der Waals surface area contributed by atoms with Gasteiger partial charge in [-0.1, -0.05) is 23.7 Å². The molecular formula is C29H36ClF3N4O5. The van der Waals surface area contributed by atoms with E-state index in [2.05, 4.69) is 9.88 Å². The molecule has 1 N–H and O–H groups in total. The Morgan fingerprint density at radius 2 is 1.71 bits per heavy atom. The molecule has 13 heteroatoms. The summed E-state index contributed by atoms with van der Waals surface area (Å²) in [6.07, 6.45) is 1.12. The Morgan fingerprint density at radius 1 is 1.05 bits per heavy atom. The van der Waals surface area contributed by atoms with E-state index in [9.17, 15) is 22.8 Å². The minimum atomic E-state index is -5.08. The number of halogens is 4. The zero-order valence-corrected chi connectivity index (χ0v) is 24.2. The first-order valence-corrected chi connectivity index (χ1v) is 14.2. The number of alkyl halides is 3. The summed E-state index contributed by atoms with van der Waals surface area (Å²) in [6, 6.07) is 13.3. The number of piperidine rings is 2. The topological polar surface area (TPSA) is 103 Å². The SMILES string of the molecule is CC(=O)N1CCC(C(=O)N(CCCN2CCC(Oc3ccccn3)CC2)c2cccc(Cl)c2)CC1.O=C(O)C(F)(F)F. The summed E-state index contributed by atoms with van der Waals surface area (Å²) in [5, 5.41) is 7.75. The van der Waals surface area contributed by atoms with Gasteiger partial charge in [0.05, 0.1) is 0 Å². The monoisotopic (exact) mass is 612 g/mol. The lowest BCUT2D eigenvalue weighted by molar-refractivity contribution is -0.192. The van der Waals surface area contributed by atoms with Gasteiger partial charge in [-0.05, 0) is 62.9 Å². The van der Waals surface area contributed by atoms with Crippen molar-refractivity contribution in [2.45, 2.75) is 51.3 Å². The van der Waals surface area contributed by atoms with Crippen LogP contribution in [0.25, 0.3) is 0 Å². The number of carbonyl (C=O) groups is 3. The van der Waals surface area contributed by atoms with Crippen LogP contribution >= 0.6 is 11.6 Å². The molecule has 9 nitrogen and oxygen atoms in total. The predicted molar refractivity (Wildman–Crippen MR) is 151 cm³/mol. The highest BCUT2D eigenvalue weighted by Gasteiger charge is 2.38. The third kappa shape index (κ3) is 10.5. The Bertz CT molecular complexity index is 1170. The zero-order chi connectivity index (χ0) is 30.7. The number of nitrogens with zero attached hydrogens (tertiary/aromatic N) is 4. The van der Waals surface area contributed by atoms with E-state index in [1.807, 2.05) is 52.3 Å². The molecule has 2 aliphatic rings. The fraction of sp³-hybridized carbons (Fsp3) is 0.517. The molecule has 2 saturated heterocycles. The van der Waals surface area contributed by atoms with Crippen LogP contribution in [-0.4, -0.2) is 89.2 Å². The average molecular weight is 613 g/mol. The molecule has 2 amide bonds. The van der Waals surface area contributed by atoms with Crippen molar-refractivity contribution >= 4 is 35.1 Å². The van der Waals surface area contributed by atoms with E-state index in [0.717, 1.165) is 44.6 Å². The van der Waals surface area contributed by atoms with Gasteiger partial charge >= 0.3 is 12.1 Å². The Labute approximate surface area is 248 Å². The Morgan fingerprint density at radius 3 is 2.26 bits per heavy atom. The second-order valence-corrected chi connectivity index (χ2v) is 10.7. The summed E-state index contributed by atoms with van der Waals surface area (Å²) in [7, 11) is 0. The van der Waals surface area contributed by atoms with E-state index < -0.39 is 12.1 Å². The van der Waals surface area contributed by atoms with Crippen molar-refractivity contribution in [1.82, 2.24) is 14.8 Å². The summed E-state index contributed by atoms with van der Waals surface area (Å²) in [4.78, 5) is 44.5. The Hall–Kier alpha value is -3.38. The van der Waals surface area contributed by atoms with Crippen LogP contribution in [0.2, 0.25) is 5.02 Å². The minimum Gasteiger partial charge on any atom is -0.475 e. The van der Waals surface area contributed by atoms with Gasteiger partial charge in [-0.15, -0.1) is 0 Å². The molecule has 42 heavy (non-hydrogen) atoms. The molecule has 0 unspecified atom stereocenters. The Kier molecular flexibility index (Phi) is 12.4. The smallest absolute Gasteiger partial charge is 0.475 e. The lowest BCUT2D eigenvalue weighted by Gasteiger charge is -2.35. The predicted octanol–water partition coefficient (Wildman–Crippen LogP) is 4.89. The normalized spacial score (nSPS) is 16.7. The summed E-state index contributed by atoms with van der Waals surface area (Å²) < 4.78 is 37.7. The number of amides is 2. The van der Waals surface area contributed by atoms with Gasteiger partial charge in [0.15, 0.2) is 0 Å². The van der Waals surface area contributed by atoms with Crippen molar-refractivity contribution in [2.24, 2.45) is 5.92 Å². The highest BCUT2D eigenvalue weighted by atomic mass is 35.5. The van der Waals surface area contributed by atoms with E-state index in [0.29, 0.717) is 43.4 Å². The quantitative estimate of drug-likeness (QED) is 0.453. The third-order valence-electron chi connectivity index (χ3n) is 7.23. The lowest BCUT2D eigenvalue weighted by atomic mass is 9.94. The number of aromatic nitrogens is 1. The number of hydrogen-bond acceptors (Lipinski definition) is 6. The van der Waals surface area contributed by atoms with E-state index in [4.69, 9.17) is 26.2 Å². The number of aliphatic carboxylic acids is 1. The lowest BCUT2D eigenvalue weighted by Crippen LogP contribution is -2.45. The molecule has 2 fully saturated rings. The first-order valence-electron chi connectivity index (χ1n) is 13.9. The van der Waals surface area contributed by atoms with Gasteiger partial charge in [0.1, 0.15) is 6.10 Å². The second-order valence-electron chi connectivity index (χ2n) is 10.2. The molecule has 0 saturated carbocycles. The number of likely N-dealkylation sites (tertiary alicyclic amines) is 2. The van der Waals surface area contributed by atoms with Crippen molar-refractivity contribution in [3.05, 3.63) is 53.7 Å². The van der Waals surface area contributed by atoms with Crippen LogP contribution in [0.15, 0.2) is 48.7 Å². The fourth-order valence-corrected chi connectivity index (χ4v) is 5.15. The van der Waals surface area contributed by atoms with Crippen LogP contribution in [0.4, 0.5) is 18.9 Å². The van der Waals surface area contributed by atoms with E-state index in [1.165, 1.54) is 0 Å². The van der Waals surface area contributed by atoms with E-state index in [-0.39, 0.29) is 23.8 Å². The molecule has 3 heterocycles. The van der Waals surface area contributed by atoms with Crippen LogP contribution in [0.1, 0.15) is 39.0 Å². The molecule has 1 aromatic heterocycles. The van der Waals surface area contributed by atoms with Crippen LogP contribution in [0.5, 0.6) is 5.88 Å². The number of benzene rings is 1. The van der Waals surface area contributed by atoms with Gasteiger partial charge in [0.25, 0.3) is 0 Å². The molecule has 2 aromatic rings. The highest BCUT2D eigenvalue weighted by Crippen LogP contribution is 2.26. The average Bonchev–Trinajstić information content (AvgIpc) is 2.96. The standard InChI is InChI=1S/C27H35ClN4O3.C2HF3O2/c1-21(33)31-18-9-22(10-19-31)27(34)32(24-7-4-6-23(28)20-24)15-5-14-30-16-11-25(12-17-30)35-26-8-2-3-13-29-26;3-2(4,5)1(6)7/h2-4,6-8,13,20,22,25H,5,9-12,14-19H2,1H3;(H,6,7). The van der Waals surface area contributed by atoms with Crippen LogP contribution in [0.3, 0.4) is 0 Å². The van der Waals surface area contributed by atoms with Crippen LogP contribution < -0.4 is 9.64 Å². The van der Waals surface area contributed by atoms with Gasteiger partial charge in [-0.2, -0.15) is 13.2 Å². The van der Waals surface area contributed by atoms with Crippen molar-refractivity contribution in [1.29, 1.82) is 0 Å². The first-order chi connectivity index (χ1) is 19.9. The van der Waals surface area contributed by atoms with Crippen LogP contribution in [0, 0.1) is 5.92 Å². The molecule has 1 aromatic carbocycles. The van der Waals surface area contributed by atoms with Crippen LogP contribution in [-0.2, 0) is 14.4 Å². The number of carboxylic acid groups (broad SMARTS) is 1. The third-order valence-corrected chi connectivity index (χ3v) is 7.47. The molecule has 2 aliphatic heterocycles. The van der Waals surface area contributed by atoms with Gasteiger partial charge < -0.3 is 24.5 Å². The zero-order valence-electron chi connectivity index (χ0n) is 23.4. The summed E-state index contributed by atoms with van der Waals surface area (Å²) in [5.74, 6) is -1.91. The van der Waals surface area contributed by atoms with Gasteiger partial charge in [0, 0.05) is 68.5 Å². The number of carbonyl (C=O) groups excluding carboxylic acids is 2. The largest absolute Gasteiger partial charge is 0.490 e. The summed E-state index contributed by atoms with van der Waals surface area (Å²) in [6.45, 7) is 6.42. The van der Waals surface area contributed by atoms with Gasteiger partial charge in [-0.25, -0.2) is 9.78 Å². The maximum atomic E-state index is 13.5. The number of pyridine rings is 1. The van der Waals surface area contributed by atoms with Gasteiger partial charge in [-0.3, -0.25) is 9.59 Å². The Balaban J connectivity index is 0.000000616. The molecule has 0 radical (unpaired) electrons. The number of hydrogen-bond donors (Lipinski definition) is 1. The minimum absolute atomic E-state index is 0.0657. The van der Waals surface area contributed by atoms with Gasteiger partial charge in [0.2, 0.25) is 17.7 Å². The maximum absolute atomic E-state index is 13.5. The summed E-state index contributed by atoms with van der Waals surface area (Å²) in [5.41, 5.74) is 0.846. The molecule has 0 spiro atoms. The fourth-order valence-electron chi connectivity index (χ4n) is 4.96. The molecule has 0 aliphatic carbocycles. The molecular weight excluding hydrogens is 577 g/mol. The van der Waals surface area contributed by atoms with Crippen molar-refractivity contribution in [3.8, 4) is 5.88 Å². The van der Waals surface area contributed by atoms with E-state index >= 15 is 0 Å². The van der Waals surface area contributed by atoms with Crippen molar-refractivity contribution in [3.63, 3.8) is 0 Å². The highest BCUT2D eigenvalue weighted by molar-refractivity contribution is 6.30. The van der Waals surface area contributed by atoms with Crippen molar-refractivity contribution < 1.29 is 37.4 Å². The second kappa shape index (κ2) is 15.7. The number of anilines is 1. The van der Waals surface area contributed by atoms with Crippen molar-refractivity contribution in [2.75, 3.05) is 44.2 Å². The number of ether oxygens (including phenoxy) is 1. The molecule has 4 rings (SSSR count). The number of carboxylic acids is 1. The van der Waals surface area contributed by atoms with E-state index in [1.54, 1.807) is 13.1 Å². The molecule has 230 valence electrons. The first kappa shape index (κ1) is 33.1. The molecule has 0 atom stereocenters.